The Kier molecular flexibility index (Phi) is 1.95. The first-order chi connectivity index (χ1) is 8.50. The van der Waals surface area contributed by atoms with E-state index in [0.717, 1.165) is 6.20 Å². The third-order valence-corrected chi connectivity index (χ3v) is 2.79. The number of nitrogens with zero attached hydrogens (tertiary/aromatic N) is 1. The number of halogens is 2. The van der Waals surface area contributed by atoms with Crippen molar-refractivity contribution >= 4 is 16.9 Å². The molecule has 0 bridgehead atoms. The van der Waals surface area contributed by atoms with E-state index < -0.39 is 28.6 Å². The smallest absolute Gasteiger partial charge is 0.341 e. The quantitative estimate of drug-likeness (QED) is 0.832. The number of ether oxygens (including phenoxy) is 1. The molecule has 0 unspecified atom stereocenters. The van der Waals surface area contributed by atoms with Crippen LogP contribution in [0.5, 0.6) is 5.75 Å². The molecular formula is C11H5F2NO4. The molecule has 3 rings (SSSR count). The van der Waals surface area contributed by atoms with Crippen molar-refractivity contribution in [1.82, 2.24) is 4.57 Å². The minimum absolute atomic E-state index is 0.0731. The van der Waals surface area contributed by atoms with Gasteiger partial charge in [0.2, 0.25) is 11.2 Å². The molecular weight excluding hydrogens is 248 g/mol. The van der Waals surface area contributed by atoms with E-state index in [1.165, 1.54) is 4.57 Å². The molecule has 0 amide bonds. The summed E-state index contributed by atoms with van der Waals surface area (Å²) < 4.78 is 32.9. The van der Waals surface area contributed by atoms with Gasteiger partial charge in [-0.2, -0.15) is 4.39 Å². The highest BCUT2D eigenvalue weighted by molar-refractivity contribution is 5.94. The summed E-state index contributed by atoms with van der Waals surface area (Å²) >= 11 is 0. The third-order valence-electron chi connectivity index (χ3n) is 2.79. The van der Waals surface area contributed by atoms with Crippen molar-refractivity contribution in [2.24, 2.45) is 0 Å². The molecule has 1 aliphatic rings. The van der Waals surface area contributed by atoms with E-state index in [9.17, 15) is 18.4 Å². The molecule has 7 heteroatoms. The van der Waals surface area contributed by atoms with Crippen LogP contribution in [-0.2, 0) is 6.73 Å². The molecule has 1 aromatic carbocycles. The number of hydrogen-bond acceptors (Lipinski definition) is 3. The van der Waals surface area contributed by atoms with Gasteiger partial charge in [0.15, 0.2) is 18.3 Å². The van der Waals surface area contributed by atoms with E-state index in [-0.39, 0.29) is 23.4 Å². The molecule has 18 heavy (non-hydrogen) atoms. The lowest BCUT2D eigenvalue weighted by molar-refractivity contribution is 0.0694. The lowest BCUT2D eigenvalue weighted by Gasteiger charge is -2.04. The molecule has 0 atom stereocenters. The number of carbonyl (C=O) groups is 1. The van der Waals surface area contributed by atoms with E-state index in [2.05, 4.69) is 0 Å². The highest BCUT2D eigenvalue weighted by atomic mass is 19.2. The summed E-state index contributed by atoms with van der Waals surface area (Å²) in [5, 5.41) is 8.66. The molecule has 1 aromatic heterocycles. The topological polar surface area (TPSA) is 68.5 Å². The Morgan fingerprint density at radius 3 is 2.83 bits per heavy atom. The highest BCUT2D eigenvalue weighted by Gasteiger charge is 2.26. The van der Waals surface area contributed by atoms with E-state index in [1.54, 1.807) is 0 Å². The first-order valence-corrected chi connectivity index (χ1v) is 4.92. The maximum Gasteiger partial charge on any atom is 0.341 e. The fraction of sp³-hybridized carbons (Fsp3) is 0.0909. The fourth-order valence-corrected chi connectivity index (χ4v) is 2.00. The van der Waals surface area contributed by atoms with Crippen molar-refractivity contribution in [3.63, 3.8) is 0 Å². The lowest BCUT2D eigenvalue weighted by Crippen LogP contribution is -2.17. The Morgan fingerprint density at radius 2 is 2.17 bits per heavy atom. The minimum Gasteiger partial charge on any atom is -0.477 e. The van der Waals surface area contributed by atoms with Crippen LogP contribution in [-0.4, -0.2) is 15.6 Å². The first-order valence-electron chi connectivity index (χ1n) is 4.92. The molecule has 0 spiro atoms. The fourth-order valence-electron chi connectivity index (χ4n) is 2.00. The van der Waals surface area contributed by atoms with Gasteiger partial charge < -0.3 is 14.4 Å². The summed E-state index contributed by atoms with van der Waals surface area (Å²) in [6.07, 6.45) is 1.06. The predicted molar refractivity (Wildman–Crippen MR) is 55.7 cm³/mol. The third kappa shape index (κ3) is 1.18. The minimum atomic E-state index is -1.43. The largest absolute Gasteiger partial charge is 0.477 e. The van der Waals surface area contributed by atoms with E-state index in [1.807, 2.05) is 0 Å². The van der Waals surface area contributed by atoms with Gasteiger partial charge in [0.25, 0.3) is 0 Å². The number of carboxylic acid groups (broad SMARTS) is 1. The van der Waals surface area contributed by atoms with E-state index >= 15 is 0 Å². The molecule has 2 aromatic rings. The molecule has 0 saturated carbocycles. The second kappa shape index (κ2) is 3.28. The van der Waals surface area contributed by atoms with Crippen LogP contribution in [0.3, 0.4) is 0 Å². The number of pyridine rings is 1. The van der Waals surface area contributed by atoms with Crippen LogP contribution in [0.4, 0.5) is 8.78 Å². The van der Waals surface area contributed by atoms with Crippen molar-refractivity contribution in [2.75, 3.05) is 0 Å². The second-order valence-corrected chi connectivity index (χ2v) is 3.82. The van der Waals surface area contributed by atoms with Gasteiger partial charge >= 0.3 is 5.97 Å². The van der Waals surface area contributed by atoms with Crippen LogP contribution in [0.1, 0.15) is 10.4 Å². The van der Waals surface area contributed by atoms with Gasteiger partial charge in [-0.15, -0.1) is 0 Å². The first kappa shape index (κ1) is 10.7. The monoisotopic (exact) mass is 253 g/mol. The van der Waals surface area contributed by atoms with E-state index in [0.29, 0.717) is 6.07 Å². The number of benzene rings is 1. The summed E-state index contributed by atoms with van der Waals surface area (Å²) in [5.74, 6) is -4.22. The summed E-state index contributed by atoms with van der Waals surface area (Å²) in [4.78, 5) is 22.7. The summed E-state index contributed by atoms with van der Waals surface area (Å²) in [5.41, 5.74) is -1.30. The van der Waals surface area contributed by atoms with Crippen molar-refractivity contribution in [3.05, 3.63) is 39.7 Å². The average Bonchev–Trinajstić information content (AvgIpc) is 2.73. The molecule has 92 valence electrons. The Balaban J connectivity index is 2.56. The van der Waals surface area contributed by atoms with Gasteiger partial charge in [-0.1, -0.05) is 0 Å². The molecule has 0 saturated heterocycles. The molecule has 0 aliphatic carbocycles. The van der Waals surface area contributed by atoms with Crippen LogP contribution >= 0.6 is 0 Å². The molecule has 0 fully saturated rings. The van der Waals surface area contributed by atoms with Gasteiger partial charge in [0.1, 0.15) is 11.1 Å². The predicted octanol–water partition coefficient (Wildman–Crippen LogP) is 1.33. The standard InChI is InChI=1S/C11H5F2NO4/c12-6-1-4-8-10(7(6)13)18-3-14(8)2-5(9(4)15)11(16)17/h1-2H,3H2,(H,16,17). The molecule has 5 nitrogen and oxygen atoms in total. The van der Waals surface area contributed by atoms with Crippen LogP contribution in [0.2, 0.25) is 0 Å². The van der Waals surface area contributed by atoms with Gasteiger partial charge in [-0.25, -0.2) is 9.18 Å². The zero-order valence-corrected chi connectivity index (χ0v) is 8.74. The number of aromatic nitrogens is 1. The maximum atomic E-state index is 13.4. The Hall–Kier alpha value is -2.44. The van der Waals surface area contributed by atoms with Gasteiger partial charge in [-0.3, -0.25) is 4.79 Å². The normalized spacial score (nSPS) is 12.8. The summed E-state index contributed by atoms with van der Waals surface area (Å²) in [6.45, 7) is -0.160. The average molecular weight is 253 g/mol. The number of hydrogen-bond donors (Lipinski definition) is 1. The van der Waals surface area contributed by atoms with Crippen LogP contribution in [0.25, 0.3) is 10.9 Å². The highest BCUT2D eigenvalue weighted by Crippen LogP contribution is 2.33. The zero-order chi connectivity index (χ0) is 13.0. The van der Waals surface area contributed by atoms with Gasteiger partial charge in [0.05, 0.1) is 5.39 Å². The van der Waals surface area contributed by atoms with Crippen LogP contribution in [0.15, 0.2) is 17.1 Å². The van der Waals surface area contributed by atoms with Gasteiger partial charge in [-0.05, 0) is 6.07 Å². The van der Waals surface area contributed by atoms with Crippen molar-refractivity contribution in [3.8, 4) is 5.75 Å². The Bertz CT molecular complexity index is 766. The number of rotatable bonds is 1. The van der Waals surface area contributed by atoms with Crippen molar-refractivity contribution in [1.29, 1.82) is 0 Å². The SMILES string of the molecule is O=C(O)c1cn2c3c(c(F)c(F)cc3c1=O)OC2. The van der Waals surface area contributed by atoms with Crippen LogP contribution < -0.4 is 10.2 Å². The molecule has 1 N–H and O–H groups in total. The van der Waals surface area contributed by atoms with Gasteiger partial charge in [0, 0.05) is 6.20 Å². The Morgan fingerprint density at radius 1 is 1.44 bits per heavy atom. The maximum absolute atomic E-state index is 13.4. The van der Waals surface area contributed by atoms with Crippen molar-refractivity contribution < 1.29 is 23.4 Å². The van der Waals surface area contributed by atoms with Crippen LogP contribution in [0, 0.1) is 11.6 Å². The Labute approximate surface area is 97.8 Å². The lowest BCUT2D eigenvalue weighted by atomic mass is 10.1. The number of aromatic carboxylic acids is 1. The summed E-state index contributed by atoms with van der Waals surface area (Å²) in [6, 6.07) is 0.689. The van der Waals surface area contributed by atoms with Crippen molar-refractivity contribution in [2.45, 2.75) is 6.73 Å². The second-order valence-electron chi connectivity index (χ2n) is 3.82. The zero-order valence-electron chi connectivity index (χ0n) is 8.74. The molecule has 0 radical (unpaired) electrons. The molecule has 2 heterocycles. The molecule has 1 aliphatic heterocycles. The van der Waals surface area contributed by atoms with E-state index in [4.69, 9.17) is 9.84 Å². The summed E-state index contributed by atoms with van der Waals surface area (Å²) in [7, 11) is 0. The number of carboxylic acids is 1.